The summed E-state index contributed by atoms with van der Waals surface area (Å²) >= 11 is 6.46. The third kappa shape index (κ3) is 5.41. The molecule has 3 amide bonds. The van der Waals surface area contributed by atoms with Crippen molar-refractivity contribution in [3.63, 3.8) is 0 Å². The fourth-order valence-corrected chi connectivity index (χ4v) is 5.10. The zero-order valence-corrected chi connectivity index (χ0v) is 20.7. The minimum absolute atomic E-state index is 0.0674. The Morgan fingerprint density at radius 3 is 2.41 bits per heavy atom. The van der Waals surface area contributed by atoms with Crippen molar-refractivity contribution < 1.29 is 14.3 Å². The van der Waals surface area contributed by atoms with Gasteiger partial charge in [0.2, 0.25) is 0 Å². The van der Waals surface area contributed by atoms with Crippen LogP contribution in [0.15, 0.2) is 42.5 Å². The van der Waals surface area contributed by atoms with E-state index in [0.29, 0.717) is 29.4 Å². The van der Waals surface area contributed by atoms with Crippen molar-refractivity contribution in [3.8, 4) is 5.75 Å². The number of hydrogen-bond acceptors (Lipinski definition) is 4. The van der Waals surface area contributed by atoms with E-state index in [9.17, 15) is 9.59 Å². The van der Waals surface area contributed by atoms with Crippen molar-refractivity contribution in [3.05, 3.63) is 53.1 Å². The van der Waals surface area contributed by atoms with E-state index >= 15 is 0 Å². The number of nitrogens with zero attached hydrogens (tertiary/aromatic N) is 3. The molecule has 0 bridgehead atoms. The molecule has 1 saturated heterocycles. The molecule has 2 aromatic carbocycles. The second kappa shape index (κ2) is 11.0. The largest absolute Gasteiger partial charge is 0.495 e. The first-order valence-corrected chi connectivity index (χ1v) is 12.4. The van der Waals surface area contributed by atoms with Crippen LogP contribution in [0.1, 0.15) is 42.5 Å². The van der Waals surface area contributed by atoms with Gasteiger partial charge in [-0.15, -0.1) is 0 Å². The molecule has 1 heterocycles. The van der Waals surface area contributed by atoms with E-state index in [0.717, 1.165) is 50.2 Å². The number of amides is 3. The first-order valence-electron chi connectivity index (χ1n) is 12.0. The molecule has 182 valence electrons. The second-order valence-electron chi connectivity index (χ2n) is 8.98. The topological polar surface area (TPSA) is 65.1 Å². The molecular formula is C26H33ClN4O3. The van der Waals surface area contributed by atoms with E-state index in [4.69, 9.17) is 16.3 Å². The molecule has 34 heavy (non-hydrogen) atoms. The molecule has 1 N–H and O–H groups in total. The summed E-state index contributed by atoms with van der Waals surface area (Å²) in [4.78, 5) is 31.6. The van der Waals surface area contributed by atoms with E-state index in [1.807, 2.05) is 36.2 Å². The van der Waals surface area contributed by atoms with Crippen LogP contribution in [0.25, 0.3) is 0 Å². The molecule has 8 heteroatoms. The van der Waals surface area contributed by atoms with E-state index in [-0.39, 0.29) is 18.0 Å². The number of para-hydroxylation sites is 2. The van der Waals surface area contributed by atoms with E-state index < -0.39 is 0 Å². The number of rotatable bonds is 5. The van der Waals surface area contributed by atoms with Gasteiger partial charge in [-0.3, -0.25) is 4.79 Å². The lowest BCUT2D eigenvalue weighted by molar-refractivity contribution is 0.0696. The average Bonchev–Trinajstić information content (AvgIpc) is 2.88. The fourth-order valence-electron chi connectivity index (χ4n) is 4.83. The molecule has 2 fully saturated rings. The molecule has 0 radical (unpaired) electrons. The van der Waals surface area contributed by atoms with Gasteiger partial charge < -0.3 is 24.8 Å². The van der Waals surface area contributed by atoms with Gasteiger partial charge in [0.1, 0.15) is 5.75 Å². The monoisotopic (exact) mass is 484 g/mol. The Kier molecular flexibility index (Phi) is 7.83. The predicted molar refractivity (Wildman–Crippen MR) is 136 cm³/mol. The summed E-state index contributed by atoms with van der Waals surface area (Å²) in [5, 5.41) is 3.28. The molecule has 1 saturated carbocycles. The van der Waals surface area contributed by atoms with Crippen LogP contribution >= 0.6 is 11.6 Å². The lowest BCUT2D eigenvalue weighted by Gasteiger charge is -2.36. The van der Waals surface area contributed by atoms with Crippen LogP contribution in [0.5, 0.6) is 5.75 Å². The molecule has 1 aliphatic heterocycles. The van der Waals surface area contributed by atoms with Crippen molar-refractivity contribution in [1.82, 2.24) is 9.80 Å². The van der Waals surface area contributed by atoms with E-state index in [2.05, 4.69) is 10.2 Å². The Labute approximate surface area is 206 Å². The van der Waals surface area contributed by atoms with Crippen LogP contribution in [0.3, 0.4) is 0 Å². The number of methoxy groups -OCH3 is 1. The first kappa shape index (κ1) is 24.2. The number of benzene rings is 2. The Morgan fingerprint density at radius 1 is 1.03 bits per heavy atom. The van der Waals surface area contributed by atoms with Crippen molar-refractivity contribution in [2.75, 3.05) is 50.6 Å². The van der Waals surface area contributed by atoms with Gasteiger partial charge in [0, 0.05) is 45.0 Å². The summed E-state index contributed by atoms with van der Waals surface area (Å²) in [6, 6.07) is 13.1. The fraction of sp³-hybridized carbons (Fsp3) is 0.462. The molecule has 0 unspecified atom stereocenters. The number of carbonyl (C=O) groups is 2. The summed E-state index contributed by atoms with van der Waals surface area (Å²) in [6.07, 6.45) is 5.64. The number of halogens is 1. The minimum Gasteiger partial charge on any atom is -0.495 e. The zero-order valence-electron chi connectivity index (χ0n) is 19.9. The number of carbonyl (C=O) groups excluding carboxylic acids is 2. The van der Waals surface area contributed by atoms with Gasteiger partial charge in [-0.25, -0.2) is 4.79 Å². The molecule has 2 aliphatic rings. The molecule has 1 aliphatic carbocycles. The normalized spacial score (nSPS) is 16.8. The highest BCUT2D eigenvalue weighted by Crippen LogP contribution is 2.29. The van der Waals surface area contributed by atoms with Crippen molar-refractivity contribution in [2.45, 2.75) is 38.1 Å². The van der Waals surface area contributed by atoms with Gasteiger partial charge in [-0.05, 0) is 43.2 Å². The van der Waals surface area contributed by atoms with Crippen LogP contribution in [-0.4, -0.2) is 68.1 Å². The van der Waals surface area contributed by atoms with E-state index in [1.165, 1.54) is 6.42 Å². The Balaban J connectivity index is 1.34. The Morgan fingerprint density at radius 2 is 1.74 bits per heavy atom. The van der Waals surface area contributed by atoms with Gasteiger partial charge >= 0.3 is 6.03 Å². The third-order valence-electron chi connectivity index (χ3n) is 6.89. The van der Waals surface area contributed by atoms with Crippen LogP contribution in [0.2, 0.25) is 5.02 Å². The van der Waals surface area contributed by atoms with Gasteiger partial charge in [-0.2, -0.15) is 0 Å². The number of nitrogens with one attached hydrogen (secondary N) is 1. The zero-order chi connectivity index (χ0) is 24.1. The molecule has 0 aromatic heterocycles. The van der Waals surface area contributed by atoms with Crippen molar-refractivity contribution >= 4 is 34.9 Å². The van der Waals surface area contributed by atoms with Crippen LogP contribution in [-0.2, 0) is 0 Å². The minimum atomic E-state index is -0.172. The number of hydrogen-bond donors (Lipinski definition) is 1. The van der Waals surface area contributed by atoms with Gasteiger partial charge in [0.15, 0.2) is 0 Å². The standard InChI is InChI=1S/C26H33ClN4O3/c1-29(20-8-4-3-5-9-20)25(32)21-13-12-19(18-22(21)27)28-26(33)31-16-14-30(15-17-31)23-10-6-7-11-24(23)34-2/h6-7,10-13,18,20H,3-5,8-9,14-17H2,1-2H3,(H,28,33). The summed E-state index contributed by atoms with van der Waals surface area (Å²) in [5.74, 6) is 0.765. The van der Waals surface area contributed by atoms with Gasteiger partial charge in [-0.1, -0.05) is 43.0 Å². The Bertz CT molecular complexity index is 1020. The van der Waals surface area contributed by atoms with Crippen molar-refractivity contribution in [2.24, 2.45) is 0 Å². The highest BCUT2D eigenvalue weighted by atomic mass is 35.5. The Hall–Kier alpha value is -2.93. The van der Waals surface area contributed by atoms with Crippen LogP contribution < -0.4 is 15.0 Å². The number of anilines is 2. The number of ether oxygens (including phenoxy) is 1. The summed E-state index contributed by atoms with van der Waals surface area (Å²) < 4.78 is 5.46. The lowest BCUT2D eigenvalue weighted by Crippen LogP contribution is -2.50. The van der Waals surface area contributed by atoms with Gasteiger partial charge in [0.05, 0.1) is 23.4 Å². The molecule has 0 atom stereocenters. The SMILES string of the molecule is COc1ccccc1N1CCN(C(=O)Nc2ccc(C(=O)N(C)C3CCCCC3)c(Cl)c2)CC1. The molecular weight excluding hydrogens is 452 g/mol. The first-order chi connectivity index (χ1) is 16.5. The average molecular weight is 485 g/mol. The lowest BCUT2D eigenvalue weighted by atomic mass is 9.94. The summed E-state index contributed by atoms with van der Waals surface area (Å²) in [7, 11) is 3.52. The highest BCUT2D eigenvalue weighted by molar-refractivity contribution is 6.34. The van der Waals surface area contributed by atoms with Gasteiger partial charge in [0.25, 0.3) is 5.91 Å². The molecule has 7 nitrogen and oxygen atoms in total. The van der Waals surface area contributed by atoms with Crippen LogP contribution in [0, 0.1) is 0 Å². The molecule has 4 rings (SSSR count). The quantitative estimate of drug-likeness (QED) is 0.640. The maximum atomic E-state index is 13.0. The van der Waals surface area contributed by atoms with Crippen molar-refractivity contribution in [1.29, 1.82) is 0 Å². The number of piperazine rings is 1. The predicted octanol–water partition coefficient (Wildman–Crippen LogP) is 5.11. The maximum absolute atomic E-state index is 13.0. The third-order valence-corrected chi connectivity index (χ3v) is 7.20. The smallest absolute Gasteiger partial charge is 0.321 e. The molecule has 2 aromatic rings. The second-order valence-corrected chi connectivity index (χ2v) is 9.39. The van der Waals surface area contributed by atoms with Crippen LogP contribution in [0.4, 0.5) is 16.2 Å². The molecule has 0 spiro atoms. The summed E-state index contributed by atoms with van der Waals surface area (Å²) in [6.45, 7) is 2.63. The summed E-state index contributed by atoms with van der Waals surface area (Å²) in [5.41, 5.74) is 2.09. The number of urea groups is 1. The van der Waals surface area contributed by atoms with E-state index in [1.54, 1.807) is 30.2 Å². The highest BCUT2D eigenvalue weighted by Gasteiger charge is 2.26. The maximum Gasteiger partial charge on any atom is 0.321 e.